The van der Waals surface area contributed by atoms with Crippen LogP contribution in [0.15, 0.2) is 12.2 Å². The molecule has 3 heteroatoms. The van der Waals surface area contributed by atoms with Gasteiger partial charge in [-0.2, -0.15) is 0 Å². The third-order valence-electron chi connectivity index (χ3n) is 3.15. The Bertz CT molecular complexity index is 236. The van der Waals surface area contributed by atoms with Crippen molar-refractivity contribution in [3.8, 4) is 0 Å². The van der Waals surface area contributed by atoms with Crippen molar-refractivity contribution in [2.24, 2.45) is 0 Å². The van der Waals surface area contributed by atoms with Crippen molar-refractivity contribution in [2.75, 3.05) is 26.2 Å². The average Bonchev–Trinajstić information content (AvgIpc) is 2.10. The fourth-order valence-corrected chi connectivity index (χ4v) is 1.88. The second kappa shape index (κ2) is 4.13. The predicted octanol–water partition coefficient (Wildman–Crippen LogP) is 1.34. The molecule has 0 aliphatic carbocycles. The molecule has 0 N–H and O–H groups in total. The molecule has 14 heavy (non-hydrogen) atoms. The lowest BCUT2D eigenvalue weighted by molar-refractivity contribution is -0.968. The van der Waals surface area contributed by atoms with Crippen molar-refractivity contribution < 1.29 is 14.0 Å². The largest absolute Gasteiger partial charge is 0.447 e. The zero-order valence-electron chi connectivity index (χ0n) is 9.38. The molecule has 1 rings (SSSR count). The fourth-order valence-electron chi connectivity index (χ4n) is 1.88. The number of carbonyl (C=O) groups is 1. The van der Waals surface area contributed by atoms with Gasteiger partial charge in [0, 0.05) is 5.57 Å². The summed E-state index contributed by atoms with van der Waals surface area (Å²) >= 11 is 0. The lowest BCUT2D eigenvalue weighted by Crippen LogP contribution is -2.67. The molecular weight excluding hydrogens is 178 g/mol. The van der Waals surface area contributed by atoms with E-state index < -0.39 is 0 Å². The van der Waals surface area contributed by atoms with Gasteiger partial charge in [0.1, 0.15) is 13.1 Å². The molecule has 0 spiro atoms. The third-order valence-corrected chi connectivity index (χ3v) is 3.15. The Morgan fingerprint density at radius 3 is 2.29 bits per heavy atom. The maximum Gasteiger partial charge on any atom is 0.333 e. The van der Waals surface area contributed by atoms with E-state index in [-0.39, 0.29) is 12.1 Å². The Morgan fingerprint density at radius 2 is 1.93 bits per heavy atom. The van der Waals surface area contributed by atoms with E-state index in [2.05, 4.69) is 20.4 Å². The number of quaternary nitrogens is 1. The Balaban J connectivity index is 2.34. The Hall–Kier alpha value is -0.830. The standard InChI is InChI=1S/C11H20NO2/c1-5-12(6-2)7-10(8-12)14-11(13)9(3)4/h10H,3,5-8H2,1-2,4H3/q+1. The van der Waals surface area contributed by atoms with E-state index in [1.165, 1.54) is 0 Å². The molecule has 0 saturated carbocycles. The monoisotopic (exact) mass is 198 g/mol. The Labute approximate surface area is 85.9 Å². The number of hydrogen-bond donors (Lipinski definition) is 0. The van der Waals surface area contributed by atoms with Crippen LogP contribution in [0, 0.1) is 0 Å². The minimum Gasteiger partial charge on any atom is -0.447 e. The molecule has 0 aromatic heterocycles. The second-order valence-corrected chi connectivity index (χ2v) is 4.15. The van der Waals surface area contributed by atoms with Gasteiger partial charge in [-0.25, -0.2) is 4.79 Å². The molecule has 0 aromatic carbocycles. The minimum absolute atomic E-state index is 0.110. The SMILES string of the molecule is C=C(C)C(=O)OC1C[N+](CC)(CC)C1. The highest BCUT2D eigenvalue weighted by atomic mass is 16.5. The highest BCUT2D eigenvalue weighted by Crippen LogP contribution is 2.22. The number of likely N-dealkylation sites (N-methyl/N-ethyl adjacent to an activating group) is 1. The summed E-state index contributed by atoms with van der Waals surface area (Å²) < 4.78 is 6.33. The molecule has 0 unspecified atom stereocenters. The van der Waals surface area contributed by atoms with Crippen molar-refractivity contribution in [1.82, 2.24) is 0 Å². The molecule has 0 radical (unpaired) electrons. The van der Waals surface area contributed by atoms with Crippen LogP contribution in [0.1, 0.15) is 20.8 Å². The van der Waals surface area contributed by atoms with Gasteiger partial charge in [-0.1, -0.05) is 6.58 Å². The van der Waals surface area contributed by atoms with Crippen molar-refractivity contribution in [3.63, 3.8) is 0 Å². The first-order valence-electron chi connectivity index (χ1n) is 5.24. The van der Waals surface area contributed by atoms with Crippen LogP contribution in [0.5, 0.6) is 0 Å². The van der Waals surface area contributed by atoms with Crippen LogP contribution >= 0.6 is 0 Å². The molecule has 0 amide bonds. The number of nitrogens with zero attached hydrogens (tertiary/aromatic N) is 1. The smallest absolute Gasteiger partial charge is 0.333 e. The molecule has 80 valence electrons. The Morgan fingerprint density at radius 1 is 1.43 bits per heavy atom. The maximum atomic E-state index is 11.2. The second-order valence-electron chi connectivity index (χ2n) is 4.15. The van der Waals surface area contributed by atoms with E-state index in [9.17, 15) is 4.79 Å². The summed E-state index contributed by atoms with van der Waals surface area (Å²) in [7, 11) is 0. The average molecular weight is 198 g/mol. The number of carbonyl (C=O) groups excluding carboxylic acids is 1. The summed E-state index contributed by atoms with van der Waals surface area (Å²) in [6, 6.07) is 0. The van der Waals surface area contributed by atoms with Crippen molar-refractivity contribution in [2.45, 2.75) is 26.9 Å². The van der Waals surface area contributed by atoms with Crippen molar-refractivity contribution >= 4 is 5.97 Å². The zero-order chi connectivity index (χ0) is 10.8. The molecule has 0 bridgehead atoms. The Kier molecular flexibility index (Phi) is 3.32. The van der Waals surface area contributed by atoms with E-state index in [0.717, 1.165) is 30.7 Å². The van der Waals surface area contributed by atoms with Crippen LogP contribution in [0.4, 0.5) is 0 Å². The van der Waals surface area contributed by atoms with Gasteiger partial charge in [0.05, 0.1) is 13.1 Å². The topological polar surface area (TPSA) is 26.3 Å². The first-order valence-corrected chi connectivity index (χ1v) is 5.24. The van der Waals surface area contributed by atoms with Gasteiger partial charge in [-0.05, 0) is 20.8 Å². The maximum absolute atomic E-state index is 11.2. The van der Waals surface area contributed by atoms with Gasteiger partial charge >= 0.3 is 5.97 Å². The molecule has 1 fully saturated rings. The van der Waals surface area contributed by atoms with Crippen LogP contribution in [0.2, 0.25) is 0 Å². The van der Waals surface area contributed by atoms with E-state index in [0.29, 0.717) is 5.57 Å². The van der Waals surface area contributed by atoms with Crippen LogP contribution < -0.4 is 0 Å². The van der Waals surface area contributed by atoms with Crippen LogP contribution in [0.25, 0.3) is 0 Å². The third kappa shape index (κ3) is 2.15. The zero-order valence-corrected chi connectivity index (χ0v) is 9.38. The predicted molar refractivity (Wildman–Crippen MR) is 55.8 cm³/mol. The molecule has 1 saturated heterocycles. The molecule has 3 nitrogen and oxygen atoms in total. The van der Waals surface area contributed by atoms with Gasteiger partial charge in [0.25, 0.3) is 0 Å². The summed E-state index contributed by atoms with van der Waals surface area (Å²) in [5.41, 5.74) is 0.489. The molecule has 1 aliphatic rings. The van der Waals surface area contributed by atoms with E-state index >= 15 is 0 Å². The molecule has 0 atom stereocenters. The number of likely N-dealkylation sites (tertiary alicyclic amines) is 1. The van der Waals surface area contributed by atoms with Gasteiger partial charge in [-0.15, -0.1) is 0 Å². The lowest BCUT2D eigenvalue weighted by atomic mass is 10.1. The first-order chi connectivity index (χ1) is 6.53. The fraction of sp³-hybridized carbons (Fsp3) is 0.727. The number of hydrogen-bond acceptors (Lipinski definition) is 2. The van der Waals surface area contributed by atoms with E-state index in [1.54, 1.807) is 6.92 Å². The van der Waals surface area contributed by atoms with E-state index in [1.807, 2.05) is 0 Å². The minimum atomic E-state index is -0.250. The summed E-state index contributed by atoms with van der Waals surface area (Å²) in [4.78, 5) is 11.2. The molecule has 0 aromatic rings. The first kappa shape index (κ1) is 11.2. The van der Waals surface area contributed by atoms with Gasteiger partial charge < -0.3 is 9.22 Å². The number of rotatable bonds is 4. The van der Waals surface area contributed by atoms with E-state index in [4.69, 9.17) is 4.74 Å². The van der Waals surface area contributed by atoms with Gasteiger partial charge in [0.15, 0.2) is 6.10 Å². The quantitative estimate of drug-likeness (QED) is 0.387. The molecule has 1 heterocycles. The van der Waals surface area contributed by atoms with Crippen LogP contribution in [-0.4, -0.2) is 42.7 Å². The van der Waals surface area contributed by atoms with Crippen LogP contribution in [0.3, 0.4) is 0 Å². The van der Waals surface area contributed by atoms with Crippen molar-refractivity contribution in [3.05, 3.63) is 12.2 Å². The summed E-state index contributed by atoms with van der Waals surface area (Å²) in [5, 5.41) is 0. The van der Waals surface area contributed by atoms with Gasteiger partial charge in [0.2, 0.25) is 0 Å². The van der Waals surface area contributed by atoms with Crippen molar-refractivity contribution in [1.29, 1.82) is 0 Å². The number of ether oxygens (including phenoxy) is 1. The lowest BCUT2D eigenvalue weighted by Gasteiger charge is -2.48. The summed E-state index contributed by atoms with van der Waals surface area (Å²) in [6.45, 7) is 13.8. The number of esters is 1. The van der Waals surface area contributed by atoms with Gasteiger partial charge in [-0.3, -0.25) is 0 Å². The molecular formula is C11H20NO2+. The molecule has 1 aliphatic heterocycles. The summed E-state index contributed by atoms with van der Waals surface area (Å²) in [6.07, 6.45) is 0.110. The highest BCUT2D eigenvalue weighted by molar-refractivity contribution is 5.87. The summed E-state index contributed by atoms with van der Waals surface area (Å²) in [5.74, 6) is -0.250. The normalized spacial score (nSPS) is 19.9. The highest BCUT2D eigenvalue weighted by Gasteiger charge is 2.43. The van der Waals surface area contributed by atoms with Crippen LogP contribution in [-0.2, 0) is 9.53 Å².